The van der Waals surface area contributed by atoms with E-state index in [1.807, 2.05) is 18.2 Å². The van der Waals surface area contributed by atoms with E-state index in [2.05, 4.69) is 12.6 Å². The van der Waals surface area contributed by atoms with Crippen LogP contribution in [0.25, 0.3) is 6.08 Å². The minimum atomic E-state index is -1.45. The SMILES string of the molecule is OC1c2ccccc2C=CC1(O)S. The zero-order valence-corrected chi connectivity index (χ0v) is 7.78. The predicted molar refractivity (Wildman–Crippen MR) is 54.4 cm³/mol. The van der Waals surface area contributed by atoms with E-state index >= 15 is 0 Å². The molecule has 1 aliphatic carbocycles. The van der Waals surface area contributed by atoms with Crippen molar-refractivity contribution in [3.8, 4) is 0 Å². The highest BCUT2D eigenvalue weighted by Gasteiger charge is 2.33. The Hall–Kier alpha value is -0.770. The molecule has 0 bridgehead atoms. The first-order valence-corrected chi connectivity index (χ1v) is 4.47. The van der Waals surface area contributed by atoms with Crippen LogP contribution < -0.4 is 0 Å². The molecule has 2 atom stereocenters. The van der Waals surface area contributed by atoms with Crippen LogP contribution >= 0.6 is 12.6 Å². The molecule has 2 rings (SSSR count). The molecular formula is C10H10O2S. The van der Waals surface area contributed by atoms with Gasteiger partial charge in [0.2, 0.25) is 0 Å². The zero-order valence-electron chi connectivity index (χ0n) is 6.88. The Morgan fingerprint density at radius 2 is 2.00 bits per heavy atom. The Labute approximate surface area is 81.9 Å². The van der Waals surface area contributed by atoms with Crippen LogP contribution in [0.15, 0.2) is 30.3 Å². The molecule has 0 fully saturated rings. The summed E-state index contributed by atoms with van der Waals surface area (Å²) in [5.41, 5.74) is 1.64. The van der Waals surface area contributed by atoms with Crippen molar-refractivity contribution in [2.75, 3.05) is 0 Å². The van der Waals surface area contributed by atoms with Crippen LogP contribution in [0.3, 0.4) is 0 Å². The van der Waals surface area contributed by atoms with Gasteiger partial charge < -0.3 is 10.2 Å². The highest BCUT2D eigenvalue weighted by atomic mass is 32.1. The summed E-state index contributed by atoms with van der Waals surface area (Å²) in [6.07, 6.45) is 2.29. The number of hydrogen-bond acceptors (Lipinski definition) is 3. The summed E-state index contributed by atoms with van der Waals surface area (Å²) in [6.45, 7) is 0. The van der Waals surface area contributed by atoms with Crippen molar-refractivity contribution in [3.63, 3.8) is 0 Å². The van der Waals surface area contributed by atoms with Crippen LogP contribution in [0.5, 0.6) is 0 Å². The van der Waals surface area contributed by atoms with Gasteiger partial charge in [-0.15, -0.1) is 12.6 Å². The fourth-order valence-electron chi connectivity index (χ4n) is 1.44. The minimum absolute atomic E-state index is 0.711. The summed E-state index contributed by atoms with van der Waals surface area (Å²) >= 11 is 3.96. The van der Waals surface area contributed by atoms with Crippen LogP contribution in [0.4, 0.5) is 0 Å². The molecule has 1 aliphatic rings. The van der Waals surface area contributed by atoms with Crippen molar-refractivity contribution >= 4 is 18.7 Å². The second kappa shape index (κ2) is 2.87. The predicted octanol–water partition coefficient (Wildman–Crippen LogP) is 1.37. The van der Waals surface area contributed by atoms with Crippen molar-refractivity contribution in [2.45, 2.75) is 11.0 Å². The van der Waals surface area contributed by atoms with Crippen LogP contribution in [0.2, 0.25) is 0 Å². The lowest BCUT2D eigenvalue weighted by molar-refractivity contribution is 0.0242. The molecule has 0 spiro atoms. The second-order valence-corrected chi connectivity index (χ2v) is 3.86. The number of fused-ring (bicyclic) bond motifs is 1. The second-order valence-electron chi connectivity index (χ2n) is 3.15. The van der Waals surface area contributed by atoms with E-state index in [0.29, 0.717) is 5.56 Å². The summed E-state index contributed by atoms with van der Waals surface area (Å²) in [5, 5.41) is 19.3. The highest BCUT2D eigenvalue weighted by molar-refractivity contribution is 7.81. The van der Waals surface area contributed by atoms with E-state index in [9.17, 15) is 10.2 Å². The summed E-state index contributed by atoms with van der Waals surface area (Å²) in [4.78, 5) is -1.45. The molecule has 2 unspecified atom stereocenters. The maximum absolute atomic E-state index is 9.71. The Morgan fingerprint density at radius 3 is 2.77 bits per heavy atom. The minimum Gasteiger partial charge on any atom is -0.384 e. The van der Waals surface area contributed by atoms with Gasteiger partial charge in [-0.1, -0.05) is 30.3 Å². The Balaban J connectivity index is 2.55. The van der Waals surface area contributed by atoms with Crippen LogP contribution in [0.1, 0.15) is 17.2 Å². The van der Waals surface area contributed by atoms with Crippen LogP contribution in [-0.2, 0) is 0 Å². The summed E-state index contributed by atoms with van der Waals surface area (Å²) in [5.74, 6) is 0. The van der Waals surface area contributed by atoms with Gasteiger partial charge in [-0.25, -0.2) is 0 Å². The summed E-state index contributed by atoms with van der Waals surface area (Å²) < 4.78 is 0. The van der Waals surface area contributed by atoms with Crippen molar-refractivity contribution in [3.05, 3.63) is 41.5 Å². The van der Waals surface area contributed by atoms with Crippen LogP contribution in [-0.4, -0.2) is 15.1 Å². The summed E-state index contributed by atoms with van der Waals surface area (Å²) in [6, 6.07) is 7.38. The molecular weight excluding hydrogens is 184 g/mol. The van der Waals surface area contributed by atoms with Gasteiger partial charge in [-0.3, -0.25) is 0 Å². The van der Waals surface area contributed by atoms with Gasteiger partial charge in [0.25, 0.3) is 0 Å². The van der Waals surface area contributed by atoms with Crippen molar-refractivity contribution in [1.29, 1.82) is 0 Å². The Morgan fingerprint density at radius 1 is 1.31 bits per heavy atom. The maximum atomic E-state index is 9.71. The molecule has 0 amide bonds. The molecule has 0 heterocycles. The normalized spacial score (nSPS) is 31.5. The van der Waals surface area contributed by atoms with Crippen LogP contribution in [0, 0.1) is 0 Å². The number of aliphatic hydroxyl groups is 2. The number of hydrogen-bond donors (Lipinski definition) is 3. The average Bonchev–Trinajstić information content (AvgIpc) is 2.13. The zero-order chi connectivity index (χ0) is 9.47. The van der Waals surface area contributed by atoms with E-state index in [1.165, 1.54) is 6.08 Å². The van der Waals surface area contributed by atoms with Crippen molar-refractivity contribution < 1.29 is 10.2 Å². The standard InChI is InChI=1S/C10H10O2S/c11-9-8-4-2-1-3-7(8)5-6-10(9,12)13/h1-6,9,11-13H. The van der Waals surface area contributed by atoms with Crippen molar-refractivity contribution in [2.24, 2.45) is 0 Å². The molecule has 2 nitrogen and oxygen atoms in total. The smallest absolute Gasteiger partial charge is 0.156 e. The monoisotopic (exact) mass is 194 g/mol. The quantitative estimate of drug-likeness (QED) is 0.431. The lowest BCUT2D eigenvalue weighted by Gasteiger charge is -2.29. The first-order valence-electron chi connectivity index (χ1n) is 4.02. The molecule has 0 radical (unpaired) electrons. The Bertz CT molecular complexity index is 358. The maximum Gasteiger partial charge on any atom is 0.156 e. The van der Waals surface area contributed by atoms with Gasteiger partial charge in [0.1, 0.15) is 6.10 Å². The first kappa shape index (κ1) is 8.81. The third-order valence-corrected chi connectivity index (χ3v) is 2.59. The molecule has 2 N–H and O–H groups in total. The number of benzene rings is 1. The third kappa shape index (κ3) is 1.39. The molecule has 13 heavy (non-hydrogen) atoms. The number of aliphatic hydroxyl groups excluding tert-OH is 1. The molecule has 0 aliphatic heterocycles. The van der Waals surface area contributed by atoms with E-state index in [-0.39, 0.29) is 0 Å². The van der Waals surface area contributed by atoms with E-state index in [4.69, 9.17) is 0 Å². The number of thiol groups is 1. The molecule has 1 aromatic carbocycles. The molecule has 68 valence electrons. The molecule has 0 saturated heterocycles. The van der Waals surface area contributed by atoms with Gasteiger partial charge in [-0.05, 0) is 17.2 Å². The van der Waals surface area contributed by atoms with Gasteiger partial charge >= 0.3 is 0 Å². The molecule has 3 heteroatoms. The Kier molecular flexibility index (Phi) is 1.95. The van der Waals surface area contributed by atoms with Gasteiger partial charge in [-0.2, -0.15) is 0 Å². The fraction of sp³-hybridized carbons (Fsp3) is 0.200. The average molecular weight is 194 g/mol. The highest BCUT2D eigenvalue weighted by Crippen LogP contribution is 2.37. The number of rotatable bonds is 0. The first-order chi connectivity index (χ1) is 6.11. The summed E-state index contributed by atoms with van der Waals surface area (Å²) in [7, 11) is 0. The lowest BCUT2D eigenvalue weighted by atomic mass is 9.93. The van der Waals surface area contributed by atoms with Gasteiger partial charge in [0.15, 0.2) is 4.93 Å². The van der Waals surface area contributed by atoms with E-state index in [1.54, 1.807) is 12.1 Å². The lowest BCUT2D eigenvalue weighted by Crippen LogP contribution is -2.30. The van der Waals surface area contributed by atoms with E-state index in [0.717, 1.165) is 5.56 Å². The third-order valence-electron chi connectivity index (χ3n) is 2.20. The van der Waals surface area contributed by atoms with Gasteiger partial charge in [0, 0.05) is 0 Å². The molecule has 0 saturated carbocycles. The van der Waals surface area contributed by atoms with E-state index < -0.39 is 11.0 Å². The fourth-order valence-corrected chi connectivity index (χ4v) is 1.66. The van der Waals surface area contributed by atoms with Crippen molar-refractivity contribution in [1.82, 2.24) is 0 Å². The topological polar surface area (TPSA) is 40.5 Å². The van der Waals surface area contributed by atoms with Gasteiger partial charge in [0.05, 0.1) is 0 Å². The molecule has 0 aromatic heterocycles. The largest absolute Gasteiger partial charge is 0.384 e. The molecule has 1 aromatic rings.